The number of unbranched alkanes of at least 4 members (excludes halogenated alkanes) is 1. The highest BCUT2D eigenvalue weighted by molar-refractivity contribution is 5.95. The average molecular weight is 313 g/mol. The highest BCUT2D eigenvalue weighted by Crippen LogP contribution is 2.23. The van der Waals surface area contributed by atoms with Gasteiger partial charge in [0.1, 0.15) is 11.5 Å². The molecule has 2 rings (SSSR count). The highest BCUT2D eigenvalue weighted by atomic mass is 16.5. The van der Waals surface area contributed by atoms with Crippen LogP contribution >= 0.6 is 0 Å². The summed E-state index contributed by atoms with van der Waals surface area (Å²) in [6.07, 6.45) is 1.78. The van der Waals surface area contributed by atoms with Crippen LogP contribution in [0.5, 0.6) is 11.5 Å². The van der Waals surface area contributed by atoms with Gasteiger partial charge in [-0.25, -0.2) is 0 Å². The van der Waals surface area contributed by atoms with E-state index in [0.29, 0.717) is 30.2 Å². The summed E-state index contributed by atoms with van der Waals surface area (Å²) in [4.78, 5) is 11.3. The second-order valence-corrected chi connectivity index (χ2v) is 5.48. The molecular weight excluding hydrogens is 290 g/mol. The summed E-state index contributed by atoms with van der Waals surface area (Å²) in [6, 6.07) is 13.1. The standard InChI is InChI=1S/C19H23NO3/c1-14-7-3-4-8-18(14)22-11-5-6-12-23-19-10-9-16(15(2)21)13-17(19)20/h3-4,7-10,13H,5-6,11-12,20H2,1-2H3. The van der Waals surface area contributed by atoms with Gasteiger partial charge in [-0.1, -0.05) is 18.2 Å². The number of ketones is 1. The number of hydrogen-bond donors (Lipinski definition) is 1. The van der Waals surface area contributed by atoms with Gasteiger partial charge in [-0.3, -0.25) is 4.79 Å². The molecule has 2 aromatic rings. The molecule has 4 nitrogen and oxygen atoms in total. The lowest BCUT2D eigenvalue weighted by Crippen LogP contribution is -2.05. The normalized spacial score (nSPS) is 10.3. The Morgan fingerprint density at radius 2 is 1.65 bits per heavy atom. The van der Waals surface area contributed by atoms with Crippen LogP contribution in [0.2, 0.25) is 0 Å². The van der Waals surface area contributed by atoms with Crippen molar-refractivity contribution in [2.24, 2.45) is 0 Å². The summed E-state index contributed by atoms with van der Waals surface area (Å²) in [5.41, 5.74) is 8.12. The summed E-state index contributed by atoms with van der Waals surface area (Å²) in [5.74, 6) is 1.55. The largest absolute Gasteiger partial charge is 0.493 e. The number of rotatable bonds is 8. The molecule has 0 fully saturated rings. The topological polar surface area (TPSA) is 61.5 Å². The number of hydrogen-bond acceptors (Lipinski definition) is 4. The second-order valence-electron chi connectivity index (χ2n) is 5.48. The number of anilines is 1. The SMILES string of the molecule is CC(=O)c1ccc(OCCCCOc2ccccc2C)c(N)c1. The maximum atomic E-state index is 11.3. The Morgan fingerprint density at radius 3 is 2.26 bits per heavy atom. The lowest BCUT2D eigenvalue weighted by atomic mass is 10.1. The van der Waals surface area contributed by atoms with Crippen LogP contribution in [0.4, 0.5) is 5.69 Å². The molecule has 0 aliphatic heterocycles. The van der Waals surface area contributed by atoms with Gasteiger partial charge >= 0.3 is 0 Å². The van der Waals surface area contributed by atoms with Gasteiger partial charge in [-0.15, -0.1) is 0 Å². The van der Waals surface area contributed by atoms with Crippen LogP contribution in [-0.2, 0) is 0 Å². The monoisotopic (exact) mass is 313 g/mol. The van der Waals surface area contributed by atoms with Crippen molar-refractivity contribution in [2.45, 2.75) is 26.7 Å². The molecule has 23 heavy (non-hydrogen) atoms. The van der Waals surface area contributed by atoms with Crippen LogP contribution in [0, 0.1) is 6.92 Å². The minimum atomic E-state index is -0.00314. The third-order valence-electron chi connectivity index (χ3n) is 3.56. The number of nitrogen functional groups attached to an aromatic ring is 1. The minimum absolute atomic E-state index is 0.00314. The van der Waals surface area contributed by atoms with Crippen LogP contribution in [-0.4, -0.2) is 19.0 Å². The van der Waals surface area contributed by atoms with E-state index in [1.165, 1.54) is 6.92 Å². The van der Waals surface area contributed by atoms with Crippen LogP contribution in [0.15, 0.2) is 42.5 Å². The van der Waals surface area contributed by atoms with Gasteiger partial charge < -0.3 is 15.2 Å². The molecule has 0 atom stereocenters. The zero-order chi connectivity index (χ0) is 16.7. The Kier molecular flexibility index (Phi) is 6.03. The highest BCUT2D eigenvalue weighted by Gasteiger charge is 2.05. The molecule has 0 saturated heterocycles. The number of nitrogens with two attached hydrogens (primary N) is 1. The van der Waals surface area contributed by atoms with Crippen molar-refractivity contribution in [1.82, 2.24) is 0 Å². The first kappa shape index (κ1) is 16.9. The first-order valence-corrected chi connectivity index (χ1v) is 7.79. The number of Topliss-reactive ketones (excluding diaryl/α,β-unsaturated/α-hetero) is 1. The van der Waals surface area contributed by atoms with Crippen molar-refractivity contribution in [3.8, 4) is 11.5 Å². The zero-order valence-electron chi connectivity index (χ0n) is 13.7. The third kappa shape index (κ3) is 5.02. The van der Waals surface area contributed by atoms with Crippen LogP contribution in [0.25, 0.3) is 0 Å². The smallest absolute Gasteiger partial charge is 0.159 e. The molecule has 0 saturated carbocycles. The zero-order valence-corrected chi connectivity index (χ0v) is 13.7. The Balaban J connectivity index is 1.70. The van der Waals surface area contributed by atoms with Gasteiger partial charge in [0.05, 0.1) is 18.9 Å². The minimum Gasteiger partial charge on any atom is -0.493 e. The molecule has 0 spiro atoms. The molecule has 0 bridgehead atoms. The summed E-state index contributed by atoms with van der Waals surface area (Å²) >= 11 is 0. The van der Waals surface area contributed by atoms with E-state index in [1.807, 2.05) is 31.2 Å². The van der Waals surface area contributed by atoms with Crippen LogP contribution in [0.1, 0.15) is 35.7 Å². The van der Waals surface area contributed by atoms with Crippen molar-refractivity contribution in [2.75, 3.05) is 18.9 Å². The molecule has 0 aromatic heterocycles. The summed E-state index contributed by atoms with van der Waals surface area (Å²) < 4.78 is 11.4. The number of aryl methyl sites for hydroxylation is 1. The van der Waals surface area contributed by atoms with Gasteiger partial charge in [0.15, 0.2) is 5.78 Å². The molecule has 0 aliphatic carbocycles. The lowest BCUT2D eigenvalue weighted by Gasteiger charge is -2.11. The van der Waals surface area contributed by atoms with Crippen molar-refractivity contribution in [1.29, 1.82) is 0 Å². The van der Waals surface area contributed by atoms with E-state index in [1.54, 1.807) is 18.2 Å². The third-order valence-corrected chi connectivity index (χ3v) is 3.56. The molecule has 2 aromatic carbocycles. The molecule has 0 amide bonds. The summed E-state index contributed by atoms with van der Waals surface area (Å²) in [5, 5.41) is 0. The molecule has 4 heteroatoms. The van der Waals surface area contributed by atoms with E-state index >= 15 is 0 Å². The Morgan fingerprint density at radius 1 is 1.00 bits per heavy atom. The summed E-state index contributed by atoms with van der Waals surface area (Å²) in [7, 11) is 0. The van der Waals surface area contributed by atoms with Crippen molar-refractivity contribution >= 4 is 11.5 Å². The van der Waals surface area contributed by atoms with E-state index in [-0.39, 0.29) is 5.78 Å². The second kappa shape index (κ2) is 8.22. The maximum Gasteiger partial charge on any atom is 0.159 e. The van der Waals surface area contributed by atoms with Gasteiger partial charge in [-0.05, 0) is 56.5 Å². The molecule has 0 unspecified atom stereocenters. The molecule has 0 radical (unpaired) electrons. The fraction of sp³-hybridized carbons (Fsp3) is 0.316. The van der Waals surface area contributed by atoms with E-state index in [2.05, 4.69) is 0 Å². The van der Waals surface area contributed by atoms with Crippen LogP contribution in [0.3, 0.4) is 0 Å². The van der Waals surface area contributed by atoms with E-state index in [9.17, 15) is 4.79 Å². The van der Waals surface area contributed by atoms with Gasteiger partial charge in [0, 0.05) is 5.56 Å². The quantitative estimate of drug-likeness (QED) is 0.454. The van der Waals surface area contributed by atoms with Crippen molar-refractivity contribution in [3.63, 3.8) is 0 Å². The summed E-state index contributed by atoms with van der Waals surface area (Å²) in [6.45, 7) is 4.78. The van der Waals surface area contributed by atoms with E-state index < -0.39 is 0 Å². The fourth-order valence-corrected chi connectivity index (χ4v) is 2.19. The van der Waals surface area contributed by atoms with E-state index in [0.717, 1.165) is 24.2 Å². The number of carbonyl (C=O) groups excluding carboxylic acids is 1. The fourth-order valence-electron chi connectivity index (χ4n) is 2.19. The predicted octanol–water partition coefficient (Wildman–Crippen LogP) is 4.02. The Labute approximate surface area is 137 Å². The van der Waals surface area contributed by atoms with E-state index in [4.69, 9.17) is 15.2 Å². The van der Waals surface area contributed by atoms with Gasteiger partial charge in [-0.2, -0.15) is 0 Å². The molecule has 2 N–H and O–H groups in total. The molecule has 122 valence electrons. The molecule has 0 heterocycles. The lowest BCUT2D eigenvalue weighted by molar-refractivity contribution is 0.101. The first-order chi connectivity index (χ1) is 11.1. The molecular formula is C19H23NO3. The predicted molar refractivity (Wildman–Crippen MR) is 92.3 cm³/mol. The number of para-hydroxylation sites is 1. The average Bonchev–Trinajstić information content (AvgIpc) is 2.53. The van der Waals surface area contributed by atoms with Gasteiger partial charge in [0.25, 0.3) is 0 Å². The number of carbonyl (C=O) groups is 1. The van der Waals surface area contributed by atoms with Crippen molar-refractivity contribution < 1.29 is 14.3 Å². The van der Waals surface area contributed by atoms with Crippen LogP contribution < -0.4 is 15.2 Å². The number of benzene rings is 2. The van der Waals surface area contributed by atoms with Crippen molar-refractivity contribution in [3.05, 3.63) is 53.6 Å². The number of ether oxygens (including phenoxy) is 2. The van der Waals surface area contributed by atoms with Gasteiger partial charge in [0.2, 0.25) is 0 Å². The Hall–Kier alpha value is -2.49. The Bertz CT molecular complexity index is 667. The maximum absolute atomic E-state index is 11.3. The molecule has 0 aliphatic rings. The first-order valence-electron chi connectivity index (χ1n) is 7.79.